The van der Waals surface area contributed by atoms with Crippen LogP contribution < -0.4 is 10.6 Å². The third-order valence-corrected chi connectivity index (χ3v) is 7.34. The number of carbonyl (C=O) groups is 1. The molecule has 0 bridgehead atoms. The molecule has 4 heteroatoms. The highest BCUT2D eigenvalue weighted by Crippen LogP contribution is 2.50. The summed E-state index contributed by atoms with van der Waals surface area (Å²) in [6.07, 6.45) is 11.6. The Morgan fingerprint density at radius 1 is 1.03 bits per heavy atom. The van der Waals surface area contributed by atoms with E-state index in [-0.39, 0.29) is 11.9 Å². The van der Waals surface area contributed by atoms with Gasteiger partial charge in [-0.05, 0) is 54.5 Å². The van der Waals surface area contributed by atoms with Crippen LogP contribution >= 0.6 is 15.9 Å². The highest BCUT2D eigenvalue weighted by molar-refractivity contribution is 9.10. The van der Waals surface area contributed by atoms with Crippen molar-refractivity contribution in [3.05, 3.63) is 75.8 Å². The molecule has 2 aliphatic carbocycles. The predicted molar refractivity (Wildman–Crippen MR) is 121 cm³/mol. The lowest BCUT2D eigenvalue weighted by Crippen LogP contribution is -2.37. The van der Waals surface area contributed by atoms with Gasteiger partial charge in [-0.3, -0.25) is 4.79 Å². The predicted octanol–water partition coefficient (Wildman–Crippen LogP) is 6.34. The quantitative estimate of drug-likeness (QED) is 0.535. The first-order valence-electron chi connectivity index (χ1n) is 10.8. The van der Waals surface area contributed by atoms with Crippen LogP contribution in [-0.4, -0.2) is 11.9 Å². The summed E-state index contributed by atoms with van der Waals surface area (Å²) in [5.41, 5.74) is 4.34. The van der Waals surface area contributed by atoms with Crippen molar-refractivity contribution in [2.45, 2.75) is 56.5 Å². The van der Waals surface area contributed by atoms with Gasteiger partial charge in [0.05, 0.1) is 17.3 Å². The second-order valence-electron chi connectivity index (χ2n) is 8.61. The van der Waals surface area contributed by atoms with Gasteiger partial charge in [-0.25, -0.2) is 0 Å². The van der Waals surface area contributed by atoms with Crippen molar-refractivity contribution in [1.82, 2.24) is 5.32 Å². The Balaban J connectivity index is 1.48. The Labute approximate surface area is 181 Å². The molecule has 150 valence electrons. The van der Waals surface area contributed by atoms with Gasteiger partial charge >= 0.3 is 0 Å². The van der Waals surface area contributed by atoms with E-state index in [1.165, 1.54) is 30.4 Å². The van der Waals surface area contributed by atoms with Crippen LogP contribution in [0, 0.1) is 5.92 Å². The van der Waals surface area contributed by atoms with Crippen LogP contribution in [0.5, 0.6) is 0 Å². The van der Waals surface area contributed by atoms with E-state index < -0.39 is 0 Å². The van der Waals surface area contributed by atoms with Crippen molar-refractivity contribution in [2.24, 2.45) is 5.92 Å². The molecule has 1 saturated carbocycles. The number of rotatable bonds is 3. The van der Waals surface area contributed by atoms with Gasteiger partial charge in [0.2, 0.25) is 0 Å². The molecule has 0 aromatic heterocycles. The first kappa shape index (κ1) is 18.9. The molecule has 0 saturated heterocycles. The topological polar surface area (TPSA) is 41.1 Å². The molecule has 29 heavy (non-hydrogen) atoms. The number of nitrogens with one attached hydrogen (secondary N) is 2. The Morgan fingerprint density at radius 2 is 1.83 bits per heavy atom. The fourth-order valence-electron chi connectivity index (χ4n) is 5.32. The van der Waals surface area contributed by atoms with E-state index in [0.29, 0.717) is 17.9 Å². The fraction of sp³-hybridized carbons (Fsp3) is 0.400. The van der Waals surface area contributed by atoms with Gasteiger partial charge in [-0.15, -0.1) is 0 Å². The first-order chi connectivity index (χ1) is 14.2. The van der Waals surface area contributed by atoms with Crippen molar-refractivity contribution >= 4 is 27.5 Å². The average Bonchev–Trinajstić information content (AvgIpc) is 3.24. The molecule has 2 aromatic rings. The number of allylic oxidation sites excluding steroid dienone is 2. The summed E-state index contributed by atoms with van der Waals surface area (Å²) in [5.74, 6) is 0.916. The molecule has 0 radical (unpaired) electrons. The van der Waals surface area contributed by atoms with Crippen molar-refractivity contribution in [3.63, 3.8) is 0 Å². The van der Waals surface area contributed by atoms with Crippen LogP contribution in [0.15, 0.2) is 59.1 Å². The molecule has 2 aromatic carbocycles. The lowest BCUT2D eigenvalue weighted by molar-refractivity contribution is 0.0928. The zero-order valence-electron chi connectivity index (χ0n) is 16.5. The third-order valence-electron chi connectivity index (χ3n) is 6.81. The minimum absolute atomic E-state index is 0.0660. The van der Waals surface area contributed by atoms with Gasteiger partial charge in [0, 0.05) is 16.4 Å². The molecule has 5 rings (SSSR count). The molecule has 3 nitrogen and oxygen atoms in total. The monoisotopic (exact) mass is 450 g/mol. The minimum atomic E-state index is 0.0660. The molecule has 3 atom stereocenters. The number of halogens is 1. The number of benzene rings is 2. The smallest absolute Gasteiger partial charge is 0.253 e. The van der Waals surface area contributed by atoms with E-state index in [1.54, 1.807) is 0 Å². The van der Waals surface area contributed by atoms with E-state index in [4.69, 9.17) is 0 Å². The molecule has 3 aliphatic rings. The Hall–Kier alpha value is -2.07. The van der Waals surface area contributed by atoms with Crippen molar-refractivity contribution in [3.8, 4) is 0 Å². The number of hydrogen-bond donors (Lipinski definition) is 2. The number of amides is 1. The standard InChI is InChI=1S/C25H27BrN2O/c26-17-14-12-16(13-15-17)23-20-9-4-8-19(20)21-10-5-11-22(24(21)28-23)25(29)27-18-6-2-1-3-7-18/h4-5,8,10-15,18-20,23,28H,1-3,6-7,9H2,(H,27,29). The molecule has 3 unspecified atom stereocenters. The van der Waals surface area contributed by atoms with Crippen LogP contribution in [0.4, 0.5) is 5.69 Å². The number of hydrogen-bond acceptors (Lipinski definition) is 2. The number of anilines is 1. The van der Waals surface area contributed by atoms with Crippen LogP contribution in [0.1, 0.15) is 72.0 Å². The number of fused-ring (bicyclic) bond motifs is 3. The average molecular weight is 451 g/mol. The lowest BCUT2D eigenvalue weighted by Gasteiger charge is -2.38. The molecular weight excluding hydrogens is 424 g/mol. The Bertz CT molecular complexity index is 930. The lowest BCUT2D eigenvalue weighted by atomic mass is 9.76. The second kappa shape index (κ2) is 7.98. The molecule has 2 N–H and O–H groups in total. The van der Waals surface area contributed by atoms with Crippen molar-refractivity contribution in [1.29, 1.82) is 0 Å². The summed E-state index contributed by atoms with van der Waals surface area (Å²) in [7, 11) is 0. The first-order valence-corrected chi connectivity index (χ1v) is 11.6. The Kier molecular flexibility index (Phi) is 5.21. The van der Waals surface area contributed by atoms with Crippen molar-refractivity contribution in [2.75, 3.05) is 5.32 Å². The normalized spacial score (nSPS) is 25.8. The summed E-state index contributed by atoms with van der Waals surface area (Å²) in [5, 5.41) is 7.08. The minimum Gasteiger partial charge on any atom is -0.377 e. The van der Waals surface area contributed by atoms with Gasteiger partial charge in [0.15, 0.2) is 0 Å². The number of carbonyl (C=O) groups excluding carboxylic acids is 1. The summed E-state index contributed by atoms with van der Waals surface area (Å²) >= 11 is 3.54. The van der Waals surface area contributed by atoms with Gasteiger partial charge in [0.25, 0.3) is 5.91 Å². The second-order valence-corrected chi connectivity index (χ2v) is 9.52. The van der Waals surface area contributed by atoms with E-state index in [0.717, 1.165) is 35.0 Å². The van der Waals surface area contributed by atoms with Gasteiger partial charge in [-0.2, -0.15) is 0 Å². The van der Waals surface area contributed by atoms with Crippen LogP contribution in [-0.2, 0) is 0 Å². The largest absolute Gasteiger partial charge is 0.377 e. The summed E-state index contributed by atoms with van der Waals surface area (Å²) in [4.78, 5) is 13.2. The highest BCUT2D eigenvalue weighted by Gasteiger charge is 2.39. The maximum absolute atomic E-state index is 13.2. The maximum atomic E-state index is 13.2. The Morgan fingerprint density at radius 3 is 2.62 bits per heavy atom. The van der Waals surface area contributed by atoms with E-state index in [2.05, 4.69) is 69.0 Å². The van der Waals surface area contributed by atoms with E-state index >= 15 is 0 Å². The van der Waals surface area contributed by atoms with E-state index in [9.17, 15) is 4.79 Å². The summed E-state index contributed by atoms with van der Waals surface area (Å²) in [6, 6.07) is 15.3. The van der Waals surface area contributed by atoms with Crippen LogP contribution in [0.25, 0.3) is 0 Å². The van der Waals surface area contributed by atoms with E-state index in [1.807, 2.05) is 12.1 Å². The molecule has 1 heterocycles. The SMILES string of the molecule is O=C(NC1CCCCC1)c1cccc2c1NC(c1ccc(Br)cc1)C1CC=CC21. The zero-order chi connectivity index (χ0) is 19.8. The third kappa shape index (κ3) is 3.63. The van der Waals surface area contributed by atoms with Gasteiger partial charge in [0.1, 0.15) is 0 Å². The number of para-hydroxylation sites is 1. The fourth-order valence-corrected chi connectivity index (χ4v) is 5.59. The zero-order valence-corrected chi connectivity index (χ0v) is 18.1. The summed E-state index contributed by atoms with van der Waals surface area (Å²) in [6.45, 7) is 0. The maximum Gasteiger partial charge on any atom is 0.253 e. The van der Waals surface area contributed by atoms with Crippen molar-refractivity contribution < 1.29 is 4.79 Å². The van der Waals surface area contributed by atoms with Crippen LogP contribution in [0.2, 0.25) is 0 Å². The van der Waals surface area contributed by atoms with Gasteiger partial charge < -0.3 is 10.6 Å². The molecule has 1 fully saturated rings. The molecule has 0 spiro atoms. The molecule has 1 aliphatic heterocycles. The molecule has 1 amide bonds. The van der Waals surface area contributed by atoms with Gasteiger partial charge in [-0.1, -0.05) is 71.6 Å². The molecular formula is C25H27BrN2O. The summed E-state index contributed by atoms with van der Waals surface area (Å²) < 4.78 is 1.09. The highest BCUT2D eigenvalue weighted by atomic mass is 79.9. The van der Waals surface area contributed by atoms with Crippen LogP contribution in [0.3, 0.4) is 0 Å².